The third-order valence-electron chi connectivity index (χ3n) is 5.30. The number of likely N-dealkylation sites (tertiary alicyclic amines) is 1. The van der Waals surface area contributed by atoms with Gasteiger partial charge in [0.25, 0.3) is 5.91 Å². The van der Waals surface area contributed by atoms with Crippen molar-refractivity contribution in [3.05, 3.63) is 35.9 Å². The molecule has 180 valence electrons. The summed E-state index contributed by atoms with van der Waals surface area (Å²) in [6.07, 6.45) is 1.18. The molecule has 2 rings (SSSR count). The number of imide groups is 1. The number of nitrogens with zero attached hydrogens (tertiary/aromatic N) is 3. The lowest BCUT2D eigenvalue weighted by Gasteiger charge is -2.31. The maximum atomic E-state index is 13.4. The normalized spacial score (nSPS) is 16.0. The predicted molar refractivity (Wildman–Crippen MR) is 122 cm³/mol. The fourth-order valence-electron chi connectivity index (χ4n) is 3.69. The van der Waals surface area contributed by atoms with E-state index in [-0.39, 0.29) is 44.4 Å². The van der Waals surface area contributed by atoms with Crippen LogP contribution in [0.5, 0.6) is 0 Å². The molecule has 1 aromatic carbocycles. The van der Waals surface area contributed by atoms with Crippen molar-refractivity contribution in [2.75, 3.05) is 19.6 Å². The summed E-state index contributed by atoms with van der Waals surface area (Å²) in [4.78, 5) is 56.9. The van der Waals surface area contributed by atoms with Crippen molar-refractivity contribution in [1.82, 2.24) is 9.80 Å². The van der Waals surface area contributed by atoms with Crippen molar-refractivity contribution in [1.29, 1.82) is 0 Å². The van der Waals surface area contributed by atoms with Gasteiger partial charge >= 0.3 is 6.09 Å². The highest BCUT2D eigenvalue weighted by Crippen LogP contribution is 2.23. The van der Waals surface area contributed by atoms with Crippen LogP contribution in [0.15, 0.2) is 35.3 Å². The van der Waals surface area contributed by atoms with Crippen molar-refractivity contribution in [3.63, 3.8) is 0 Å². The van der Waals surface area contributed by atoms with Crippen LogP contribution in [0.2, 0.25) is 0 Å². The van der Waals surface area contributed by atoms with Gasteiger partial charge in [-0.3, -0.25) is 14.6 Å². The van der Waals surface area contributed by atoms with Crippen LogP contribution >= 0.6 is 0 Å². The van der Waals surface area contributed by atoms with Crippen molar-refractivity contribution in [3.8, 4) is 0 Å². The summed E-state index contributed by atoms with van der Waals surface area (Å²) in [6, 6.07) is 7.03. The summed E-state index contributed by atoms with van der Waals surface area (Å²) in [5, 5.41) is 0. The topological polar surface area (TPSA) is 174 Å². The third-order valence-corrected chi connectivity index (χ3v) is 5.30. The second-order valence-corrected chi connectivity index (χ2v) is 7.68. The van der Waals surface area contributed by atoms with Crippen molar-refractivity contribution < 1.29 is 23.9 Å². The van der Waals surface area contributed by atoms with E-state index in [9.17, 15) is 19.2 Å². The van der Waals surface area contributed by atoms with Crippen LogP contribution in [0, 0.1) is 0 Å². The number of hydrogen-bond acceptors (Lipinski definition) is 7. The molecular formula is C22H32N6O5. The quantitative estimate of drug-likeness (QED) is 0.180. The van der Waals surface area contributed by atoms with E-state index in [1.165, 1.54) is 4.90 Å². The van der Waals surface area contributed by atoms with Crippen molar-refractivity contribution in [2.45, 2.75) is 50.8 Å². The van der Waals surface area contributed by atoms with E-state index in [4.69, 9.17) is 21.9 Å². The Morgan fingerprint density at radius 2 is 1.97 bits per heavy atom. The minimum Gasteiger partial charge on any atom is -0.444 e. The molecule has 0 aromatic heterocycles. The lowest BCUT2D eigenvalue weighted by molar-refractivity contribution is -0.145. The highest BCUT2D eigenvalue weighted by Gasteiger charge is 2.41. The van der Waals surface area contributed by atoms with Gasteiger partial charge in [-0.2, -0.15) is 0 Å². The van der Waals surface area contributed by atoms with Crippen molar-refractivity contribution >= 4 is 30.2 Å². The van der Waals surface area contributed by atoms with Crippen LogP contribution < -0.4 is 17.2 Å². The van der Waals surface area contributed by atoms with E-state index in [1.807, 2.05) is 6.07 Å². The minimum absolute atomic E-state index is 0.0660. The van der Waals surface area contributed by atoms with E-state index in [2.05, 4.69) is 4.99 Å². The van der Waals surface area contributed by atoms with E-state index >= 15 is 0 Å². The van der Waals surface area contributed by atoms with E-state index in [0.29, 0.717) is 32.1 Å². The number of benzene rings is 1. The average molecular weight is 461 g/mol. The summed E-state index contributed by atoms with van der Waals surface area (Å²) in [5.74, 6) is -0.996. The van der Waals surface area contributed by atoms with Crippen LogP contribution in [0.4, 0.5) is 4.79 Å². The van der Waals surface area contributed by atoms with E-state index in [1.54, 1.807) is 24.3 Å². The van der Waals surface area contributed by atoms with Crippen LogP contribution in [0.1, 0.15) is 37.7 Å². The molecule has 0 unspecified atom stereocenters. The fourth-order valence-corrected chi connectivity index (χ4v) is 3.69. The molecule has 6 N–H and O–H groups in total. The Balaban J connectivity index is 2.21. The number of hydrogen-bond donors (Lipinski definition) is 3. The van der Waals surface area contributed by atoms with Gasteiger partial charge in [-0.1, -0.05) is 30.3 Å². The van der Waals surface area contributed by atoms with Gasteiger partial charge in [0, 0.05) is 26.1 Å². The lowest BCUT2D eigenvalue weighted by Crippen LogP contribution is -2.54. The second-order valence-electron chi connectivity index (χ2n) is 7.68. The number of aliphatic imine (C=N–C) groups is 1. The van der Waals surface area contributed by atoms with Gasteiger partial charge in [-0.25, -0.2) is 9.69 Å². The van der Waals surface area contributed by atoms with Gasteiger partial charge in [-0.15, -0.1) is 0 Å². The summed E-state index contributed by atoms with van der Waals surface area (Å²) in [7, 11) is 0. The van der Waals surface area contributed by atoms with Crippen LogP contribution in [0.25, 0.3) is 0 Å². The molecule has 1 heterocycles. The first-order chi connectivity index (χ1) is 15.9. The molecule has 0 radical (unpaired) electrons. The predicted octanol–water partition coefficient (Wildman–Crippen LogP) is 0.113. The first kappa shape index (κ1) is 25.8. The smallest absolute Gasteiger partial charge is 0.417 e. The van der Waals surface area contributed by atoms with Crippen LogP contribution in [-0.4, -0.2) is 71.7 Å². The Morgan fingerprint density at radius 3 is 2.61 bits per heavy atom. The number of carbonyl (C=O) groups is 4. The monoisotopic (exact) mass is 460 g/mol. The van der Waals surface area contributed by atoms with Gasteiger partial charge in [0.15, 0.2) is 5.96 Å². The summed E-state index contributed by atoms with van der Waals surface area (Å²) < 4.78 is 5.36. The molecule has 11 heteroatoms. The molecule has 3 amide bonds. The molecule has 1 aliphatic rings. The molecule has 11 nitrogen and oxygen atoms in total. The summed E-state index contributed by atoms with van der Waals surface area (Å²) in [5.41, 5.74) is 16.9. The minimum atomic E-state index is -1.08. The molecule has 1 aromatic rings. The molecule has 0 aliphatic carbocycles. The Kier molecular flexibility index (Phi) is 10.3. The Bertz CT molecular complexity index is 843. The summed E-state index contributed by atoms with van der Waals surface area (Å²) in [6.45, 7) is 0.709. The molecule has 1 fully saturated rings. The standard InChI is InChI=1S/C22H32N6O5/c23-11-10-19(30)27-13-5-9-18(27)20(31)28(17(14-29)8-4-12-26-21(24)25)22(32)33-15-16-6-2-1-3-7-16/h1-3,6-7,14,17-18H,4-5,8-13,15,23H2,(H4,24,25,26)/t17-,18-/m0/s1. The Hall–Kier alpha value is -3.47. The molecule has 0 bridgehead atoms. The highest BCUT2D eigenvalue weighted by atomic mass is 16.6. The molecule has 1 saturated heterocycles. The zero-order chi connectivity index (χ0) is 24.2. The summed E-state index contributed by atoms with van der Waals surface area (Å²) >= 11 is 0. The largest absolute Gasteiger partial charge is 0.444 e. The number of ether oxygens (including phenoxy) is 1. The van der Waals surface area contributed by atoms with Crippen molar-refractivity contribution in [2.24, 2.45) is 22.2 Å². The maximum absolute atomic E-state index is 13.4. The maximum Gasteiger partial charge on any atom is 0.417 e. The number of guanidine groups is 1. The van der Waals surface area contributed by atoms with Crippen LogP contribution in [-0.2, 0) is 25.7 Å². The number of aldehydes is 1. The third kappa shape index (κ3) is 7.56. The highest BCUT2D eigenvalue weighted by molar-refractivity contribution is 5.99. The fraction of sp³-hybridized carbons (Fsp3) is 0.500. The molecule has 0 spiro atoms. The van der Waals surface area contributed by atoms with Gasteiger partial charge < -0.3 is 31.6 Å². The molecule has 1 aliphatic heterocycles. The molecule has 2 atom stereocenters. The zero-order valence-electron chi connectivity index (χ0n) is 18.6. The molecule has 33 heavy (non-hydrogen) atoms. The van der Waals surface area contributed by atoms with Gasteiger partial charge in [0.2, 0.25) is 5.91 Å². The number of amides is 3. The van der Waals surface area contributed by atoms with Gasteiger partial charge in [0.1, 0.15) is 18.9 Å². The van der Waals surface area contributed by atoms with Gasteiger partial charge in [0.05, 0.1) is 6.04 Å². The number of nitrogens with two attached hydrogens (primary N) is 3. The average Bonchev–Trinajstić information content (AvgIpc) is 3.30. The Morgan fingerprint density at radius 1 is 1.24 bits per heavy atom. The first-order valence-electron chi connectivity index (χ1n) is 10.9. The van der Waals surface area contributed by atoms with E-state index < -0.39 is 24.1 Å². The van der Waals surface area contributed by atoms with Crippen LogP contribution in [0.3, 0.4) is 0 Å². The first-order valence-corrected chi connectivity index (χ1v) is 10.9. The van der Waals surface area contributed by atoms with E-state index in [0.717, 1.165) is 10.5 Å². The number of carbonyl (C=O) groups excluding carboxylic acids is 4. The van der Waals surface area contributed by atoms with Gasteiger partial charge in [-0.05, 0) is 31.2 Å². The lowest BCUT2D eigenvalue weighted by atomic mass is 10.1. The Labute approximate surface area is 192 Å². The molecule has 0 saturated carbocycles. The zero-order valence-corrected chi connectivity index (χ0v) is 18.6. The second kappa shape index (κ2) is 13.2. The number of rotatable bonds is 11. The molecular weight excluding hydrogens is 428 g/mol. The SMILES string of the molecule is NCCC(=O)N1CCC[C@H]1C(=O)N(C(=O)OCc1ccccc1)[C@H](C=O)CCCN=C(N)N.